The molecule has 0 unspecified atom stereocenters. The number of aromatic nitrogens is 2. The predicted octanol–water partition coefficient (Wildman–Crippen LogP) is 0.617. The highest BCUT2D eigenvalue weighted by molar-refractivity contribution is 5.91. The number of likely N-dealkylation sites (N-methyl/N-ethyl adjacent to an activating group) is 1. The number of carbonyl (C=O) groups is 4. The van der Waals surface area contributed by atoms with Gasteiger partial charge in [-0.2, -0.15) is 4.39 Å². The molecule has 0 saturated carbocycles. The van der Waals surface area contributed by atoms with Crippen molar-refractivity contribution in [3.05, 3.63) is 32.9 Å². The van der Waals surface area contributed by atoms with E-state index in [-0.39, 0.29) is 31.1 Å². The van der Waals surface area contributed by atoms with Crippen LogP contribution in [0.5, 0.6) is 0 Å². The molecule has 0 aliphatic carbocycles. The Hall–Kier alpha value is -3.55. The Bertz CT molecular complexity index is 1060. The molecule has 3 amide bonds. The summed E-state index contributed by atoms with van der Waals surface area (Å²) in [5.41, 5.74) is -2.16. The number of unbranched alkanes of at least 4 members (excludes halogenated alkanes) is 4. The molecule has 1 aromatic rings. The number of hydrogen-bond donors (Lipinski definition) is 3. The lowest BCUT2D eigenvalue weighted by molar-refractivity contribution is -0.140. The number of nitrogens with one attached hydrogen (secondary N) is 2. The van der Waals surface area contributed by atoms with Crippen molar-refractivity contribution in [2.75, 3.05) is 13.6 Å². The van der Waals surface area contributed by atoms with Crippen LogP contribution >= 0.6 is 0 Å². The average Bonchev–Trinajstić information content (AvgIpc) is 2.83. The van der Waals surface area contributed by atoms with Crippen molar-refractivity contribution in [1.29, 1.82) is 0 Å². The van der Waals surface area contributed by atoms with Crippen molar-refractivity contribution < 1.29 is 28.3 Å². The molecule has 14 heteroatoms. The van der Waals surface area contributed by atoms with E-state index in [1.165, 1.54) is 14.0 Å². The molecule has 1 aromatic heterocycles. The molecule has 0 aromatic carbocycles. The number of hydrazine groups is 1. The van der Waals surface area contributed by atoms with Gasteiger partial charge in [-0.3, -0.25) is 33.7 Å². The van der Waals surface area contributed by atoms with Crippen LogP contribution in [0.25, 0.3) is 0 Å². The summed E-state index contributed by atoms with van der Waals surface area (Å²) in [4.78, 5) is 74.7. The lowest BCUT2D eigenvalue weighted by Crippen LogP contribution is -2.57. The third-order valence-corrected chi connectivity index (χ3v) is 5.51. The number of H-pyrrole nitrogens is 1. The molecule has 0 aliphatic heterocycles. The van der Waals surface area contributed by atoms with Gasteiger partial charge in [-0.1, -0.05) is 32.6 Å². The second-order valence-electron chi connectivity index (χ2n) is 8.91. The number of ether oxygens (including phenoxy) is 1. The second kappa shape index (κ2) is 15.5. The fraction of sp³-hybridized carbons (Fsp3) is 0.652. The molecule has 0 saturated heterocycles. The molecule has 208 valence electrons. The number of hydrogen-bond acceptors (Lipinski definition) is 8. The van der Waals surface area contributed by atoms with Crippen LogP contribution in [-0.2, 0) is 25.9 Å². The smallest absolute Gasteiger partial charge is 0.411 e. The van der Waals surface area contributed by atoms with E-state index >= 15 is 0 Å². The zero-order chi connectivity index (χ0) is 28.1. The first kappa shape index (κ1) is 31.5. The Kier molecular flexibility index (Phi) is 13.2. The molecular formula is C23H37FN6O7. The summed E-state index contributed by atoms with van der Waals surface area (Å²) in [6.07, 6.45) is 4.41. The van der Waals surface area contributed by atoms with Crippen molar-refractivity contribution in [2.45, 2.75) is 84.5 Å². The van der Waals surface area contributed by atoms with Crippen molar-refractivity contribution in [2.24, 2.45) is 5.84 Å². The van der Waals surface area contributed by atoms with Gasteiger partial charge in [0.05, 0.1) is 12.2 Å². The summed E-state index contributed by atoms with van der Waals surface area (Å²) in [6.45, 7) is 4.16. The molecule has 37 heavy (non-hydrogen) atoms. The van der Waals surface area contributed by atoms with E-state index in [0.717, 1.165) is 35.6 Å². The van der Waals surface area contributed by atoms with Crippen LogP contribution in [0.4, 0.5) is 9.18 Å². The van der Waals surface area contributed by atoms with E-state index in [2.05, 4.69) is 12.2 Å². The van der Waals surface area contributed by atoms with Gasteiger partial charge in [0.15, 0.2) is 6.73 Å². The first-order chi connectivity index (χ1) is 17.4. The number of carbonyl (C=O) groups excluding carboxylic acids is 4. The van der Waals surface area contributed by atoms with Crippen molar-refractivity contribution >= 4 is 23.7 Å². The highest BCUT2D eigenvalue weighted by Gasteiger charge is 2.29. The van der Waals surface area contributed by atoms with Gasteiger partial charge in [-0.05, 0) is 20.3 Å². The van der Waals surface area contributed by atoms with Crippen LogP contribution in [0.15, 0.2) is 15.8 Å². The van der Waals surface area contributed by atoms with Gasteiger partial charge in [-0.25, -0.2) is 15.4 Å². The molecule has 1 rings (SSSR count). The molecule has 0 fully saturated rings. The molecule has 2 atom stereocenters. The number of ketones is 1. The number of halogens is 1. The summed E-state index contributed by atoms with van der Waals surface area (Å²) in [5, 5.41) is 3.41. The van der Waals surface area contributed by atoms with Crippen LogP contribution in [-0.4, -0.2) is 68.8 Å². The number of amides is 3. The summed E-state index contributed by atoms with van der Waals surface area (Å²) >= 11 is 0. The molecule has 0 spiro atoms. The highest BCUT2D eigenvalue weighted by Crippen LogP contribution is 2.08. The Morgan fingerprint density at radius 2 is 1.84 bits per heavy atom. The Balaban J connectivity index is 2.68. The van der Waals surface area contributed by atoms with E-state index in [1.807, 2.05) is 0 Å². The standard InChI is InChI=1S/C23H37FN6O7/c1-5-6-7-8-9-10-19(32)26-18(11-16(3)31)21(34)30(25)15(2)12-28(4)23(36)37-14-29-13-17(24)20(33)27-22(29)35/h13,15,18H,5-12,14,25H2,1-4H3,(H,26,32)(H,27,33,35)/t15-,18+/m1/s1. The van der Waals surface area contributed by atoms with Gasteiger partial charge in [-0.15, -0.1) is 0 Å². The molecular weight excluding hydrogens is 491 g/mol. The van der Waals surface area contributed by atoms with Crippen LogP contribution in [0.3, 0.4) is 0 Å². The molecule has 0 bridgehead atoms. The summed E-state index contributed by atoms with van der Waals surface area (Å²) < 4.78 is 18.9. The quantitative estimate of drug-likeness (QED) is 0.128. The molecule has 1 heterocycles. The zero-order valence-corrected chi connectivity index (χ0v) is 21.8. The van der Waals surface area contributed by atoms with E-state index in [0.29, 0.717) is 17.2 Å². The highest BCUT2D eigenvalue weighted by atomic mass is 19.1. The van der Waals surface area contributed by atoms with Gasteiger partial charge in [0.2, 0.25) is 11.7 Å². The van der Waals surface area contributed by atoms with Gasteiger partial charge >= 0.3 is 11.8 Å². The SMILES string of the molecule is CCCCCCCC(=O)N[C@@H](CC(C)=O)C(=O)N(N)[C@H](C)CN(C)C(=O)OCn1cc(F)c(=O)[nH]c1=O. The minimum absolute atomic E-state index is 0.103. The maximum Gasteiger partial charge on any atom is 0.411 e. The molecule has 0 radical (unpaired) electrons. The summed E-state index contributed by atoms with van der Waals surface area (Å²) in [5.74, 6) is 3.37. The van der Waals surface area contributed by atoms with E-state index in [4.69, 9.17) is 10.6 Å². The van der Waals surface area contributed by atoms with E-state index in [9.17, 15) is 33.2 Å². The predicted molar refractivity (Wildman–Crippen MR) is 131 cm³/mol. The fourth-order valence-electron chi connectivity index (χ4n) is 3.41. The Labute approximate surface area is 214 Å². The van der Waals surface area contributed by atoms with Crippen molar-refractivity contribution in [3.63, 3.8) is 0 Å². The van der Waals surface area contributed by atoms with E-state index < -0.39 is 47.9 Å². The van der Waals surface area contributed by atoms with Gasteiger partial charge in [0.1, 0.15) is 11.8 Å². The third kappa shape index (κ3) is 10.9. The van der Waals surface area contributed by atoms with Crippen LogP contribution in [0.1, 0.15) is 65.7 Å². The Morgan fingerprint density at radius 3 is 2.46 bits per heavy atom. The topological polar surface area (TPSA) is 177 Å². The maximum atomic E-state index is 13.4. The number of nitrogens with two attached hydrogens (primary N) is 1. The molecule has 4 N–H and O–H groups in total. The van der Waals surface area contributed by atoms with Crippen LogP contribution in [0, 0.1) is 5.82 Å². The Morgan fingerprint density at radius 1 is 1.19 bits per heavy atom. The largest absolute Gasteiger partial charge is 0.427 e. The zero-order valence-electron chi connectivity index (χ0n) is 21.8. The van der Waals surface area contributed by atoms with E-state index in [1.54, 1.807) is 11.9 Å². The number of Topliss-reactive ketones (excluding diaryl/α,β-unsaturated/α-hetero) is 1. The van der Waals surface area contributed by atoms with Crippen molar-refractivity contribution in [3.8, 4) is 0 Å². The normalized spacial score (nSPS) is 12.4. The number of aromatic amines is 1. The lowest BCUT2D eigenvalue weighted by atomic mass is 10.1. The fourth-order valence-corrected chi connectivity index (χ4v) is 3.41. The summed E-state index contributed by atoms with van der Waals surface area (Å²) in [7, 11) is 1.35. The first-order valence-corrected chi connectivity index (χ1v) is 12.1. The van der Waals surface area contributed by atoms with Gasteiger partial charge in [0, 0.05) is 26.4 Å². The van der Waals surface area contributed by atoms with Gasteiger partial charge in [0.25, 0.3) is 11.5 Å². The average molecular weight is 529 g/mol. The minimum Gasteiger partial charge on any atom is -0.427 e. The number of nitrogens with zero attached hydrogens (tertiary/aromatic N) is 3. The van der Waals surface area contributed by atoms with Crippen LogP contribution < -0.4 is 22.4 Å². The maximum absolute atomic E-state index is 13.4. The minimum atomic E-state index is -1.22. The van der Waals surface area contributed by atoms with Crippen molar-refractivity contribution in [1.82, 2.24) is 24.8 Å². The van der Waals surface area contributed by atoms with Crippen LogP contribution in [0.2, 0.25) is 0 Å². The first-order valence-electron chi connectivity index (χ1n) is 12.1. The lowest BCUT2D eigenvalue weighted by Gasteiger charge is -2.30. The van der Waals surface area contributed by atoms with Gasteiger partial charge < -0.3 is 15.0 Å². The molecule has 0 aliphatic rings. The second-order valence-corrected chi connectivity index (χ2v) is 8.91. The molecule has 13 nitrogen and oxygen atoms in total. The third-order valence-electron chi connectivity index (χ3n) is 5.51. The number of rotatable bonds is 15. The monoisotopic (exact) mass is 528 g/mol. The summed E-state index contributed by atoms with van der Waals surface area (Å²) in [6, 6.07) is -1.90.